The van der Waals surface area contributed by atoms with Crippen LogP contribution in [-0.4, -0.2) is 60.9 Å². The summed E-state index contributed by atoms with van der Waals surface area (Å²) in [6.07, 6.45) is 4.88. The predicted molar refractivity (Wildman–Crippen MR) is 64.5 cm³/mol. The molecule has 1 heterocycles. The number of carbonyl (C=O) groups is 2. The lowest BCUT2D eigenvalue weighted by Gasteiger charge is -2.32. The average molecular weight is 239 g/mol. The van der Waals surface area contributed by atoms with Crippen LogP contribution in [0.5, 0.6) is 0 Å². The van der Waals surface area contributed by atoms with E-state index >= 15 is 0 Å². The molecule has 5 nitrogen and oxygen atoms in total. The predicted octanol–water partition coefficient (Wildman–Crippen LogP) is -0.181. The molecule has 2 amide bonds. The molecule has 96 valence electrons. The van der Waals surface area contributed by atoms with Crippen molar-refractivity contribution in [2.75, 3.05) is 33.2 Å². The van der Waals surface area contributed by atoms with E-state index in [0.29, 0.717) is 25.7 Å². The Morgan fingerprint density at radius 1 is 1.35 bits per heavy atom. The number of carbonyl (C=O) groups excluding carboxylic acids is 2. The first kappa shape index (κ1) is 12.4. The summed E-state index contributed by atoms with van der Waals surface area (Å²) in [5.74, 6) is 0.0869. The lowest BCUT2D eigenvalue weighted by molar-refractivity contribution is -0.143. The highest BCUT2D eigenvalue weighted by atomic mass is 16.2. The molecule has 2 rings (SSSR count). The van der Waals surface area contributed by atoms with E-state index in [1.807, 2.05) is 0 Å². The van der Waals surface area contributed by atoms with Gasteiger partial charge in [0, 0.05) is 26.2 Å². The quantitative estimate of drug-likeness (QED) is 0.743. The fourth-order valence-electron chi connectivity index (χ4n) is 2.44. The molecule has 5 heteroatoms. The van der Waals surface area contributed by atoms with Crippen molar-refractivity contribution >= 4 is 11.8 Å². The zero-order chi connectivity index (χ0) is 12.3. The molecular weight excluding hydrogens is 218 g/mol. The number of likely N-dealkylation sites (N-methyl/N-ethyl adjacent to an activating group) is 1. The van der Waals surface area contributed by atoms with E-state index < -0.39 is 0 Å². The number of amides is 2. The van der Waals surface area contributed by atoms with Gasteiger partial charge in [-0.1, -0.05) is 12.8 Å². The molecule has 1 aliphatic heterocycles. The van der Waals surface area contributed by atoms with Gasteiger partial charge in [0.25, 0.3) is 0 Å². The standard InChI is InChI=1S/C12H21N3O2/c1-14-6-7-15(9-12(14)17)11(16)8-13-10-4-2-3-5-10/h10,13H,2-9H2,1H3. The Morgan fingerprint density at radius 3 is 2.71 bits per heavy atom. The van der Waals surface area contributed by atoms with Gasteiger partial charge in [-0.15, -0.1) is 0 Å². The SMILES string of the molecule is CN1CCN(C(=O)CNC2CCCC2)CC1=O. The minimum Gasteiger partial charge on any atom is -0.342 e. The van der Waals surface area contributed by atoms with Gasteiger partial charge in [-0.3, -0.25) is 9.59 Å². The third kappa shape index (κ3) is 3.19. The number of nitrogens with zero attached hydrogens (tertiary/aromatic N) is 2. The van der Waals surface area contributed by atoms with Crippen LogP contribution in [-0.2, 0) is 9.59 Å². The molecule has 0 bridgehead atoms. The number of nitrogens with one attached hydrogen (secondary N) is 1. The molecule has 1 saturated carbocycles. The van der Waals surface area contributed by atoms with Crippen molar-refractivity contribution < 1.29 is 9.59 Å². The van der Waals surface area contributed by atoms with Crippen LogP contribution in [0.15, 0.2) is 0 Å². The summed E-state index contributed by atoms with van der Waals surface area (Å²) < 4.78 is 0. The summed E-state index contributed by atoms with van der Waals surface area (Å²) >= 11 is 0. The lowest BCUT2D eigenvalue weighted by Crippen LogP contribution is -2.53. The van der Waals surface area contributed by atoms with Crippen molar-refractivity contribution in [2.45, 2.75) is 31.7 Å². The van der Waals surface area contributed by atoms with Crippen LogP contribution in [0.4, 0.5) is 0 Å². The molecule has 0 aromatic rings. The van der Waals surface area contributed by atoms with Gasteiger partial charge in [-0.05, 0) is 12.8 Å². The third-order valence-corrected chi connectivity index (χ3v) is 3.71. The molecule has 0 aromatic heterocycles. The first-order valence-electron chi connectivity index (χ1n) is 6.42. The lowest BCUT2D eigenvalue weighted by atomic mass is 10.2. The van der Waals surface area contributed by atoms with Gasteiger partial charge in [0.15, 0.2) is 0 Å². The van der Waals surface area contributed by atoms with Gasteiger partial charge in [0.1, 0.15) is 0 Å². The van der Waals surface area contributed by atoms with Crippen LogP contribution in [0, 0.1) is 0 Å². The van der Waals surface area contributed by atoms with E-state index in [-0.39, 0.29) is 18.4 Å². The zero-order valence-electron chi connectivity index (χ0n) is 10.4. The van der Waals surface area contributed by atoms with Crippen LogP contribution in [0.1, 0.15) is 25.7 Å². The Kier molecular flexibility index (Phi) is 3.99. The Labute approximate surface area is 102 Å². The molecule has 17 heavy (non-hydrogen) atoms. The van der Waals surface area contributed by atoms with E-state index in [1.54, 1.807) is 16.8 Å². The summed E-state index contributed by atoms with van der Waals surface area (Å²) in [6, 6.07) is 0.502. The molecular formula is C12H21N3O2. The van der Waals surface area contributed by atoms with Crippen molar-refractivity contribution in [3.63, 3.8) is 0 Å². The van der Waals surface area contributed by atoms with Crippen LogP contribution < -0.4 is 5.32 Å². The number of hydrogen-bond donors (Lipinski definition) is 1. The highest BCUT2D eigenvalue weighted by Gasteiger charge is 2.25. The molecule has 0 atom stereocenters. The smallest absolute Gasteiger partial charge is 0.241 e. The molecule has 2 fully saturated rings. The van der Waals surface area contributed by atoms with Crippen LogP contribution in [0.2, 0.25) is 0 Å². The molecule has 0 aromatic carbocycles. The summed E-state index contributed by atoms with van der Waals surface area (Å²) in [6.45, 7) is 1.92. The highest BCUT2D eigenvalue weighted by molar-refractivity contribution is 5.86. The van der Waals surface area contributed by atoms with Crippen molar-refractivity contribution in [3.8, 4) is 0 Å². The maximum atomic E-state index is 11.9. The molecule has 1 aliphatic carbocycles. The van der Waals surface area contributed by atoms with E-state index in [2.05, 4.69) is 5.32 Å². The summed E-state index contributed by atoms with van der Waals surface area (Å²) in [4.78, 5) is 26.7. The number of piperazine rings is 1. The van der Waals surface area contributed by atoms with Gasteiger partial charge >= 0.3 is 0 Å². The summed E-state index contributed by atoms with van der Waals surface area (Å²) in [7, 11) is 1.78. The molecule has 0 radical (unpaired) electrons. The Balaban J connectivity index is 1.74. The van der Waals surface area contributed by atoms with E-state index in [0.717, 1.165) is 0 Å². The first-order valence-corrected chi connectivity index (χ1v) is 6.42. The van der Waals surface area contributed by atoms with Gasteiger partial charge < -0.3 is 15.1 Å². The molecule has 2 aliphatic rings. The first-order chi connectivity index (χ1) is 8.16. The van der Waals surface area contributed by atoms with E-state index in [9.17, 15) is 9.59 Å². The Bertz CT molecular complexity index is 300. The van der Waals surface area contributed by atoms with E-state index in [4.69, 9.17) is 0 Å². The minimum atomic E-state index is 0.0328. The molecule has 1 saturated heterocycles. The summed E-state index contributed by atoms with van der Waals surface area (Å²) in [5, 5.41) is 3.29. The second-order valence-electron chi connectivity index (χ2n) is 4.99. The average Bonchev–Trinajstić information content (AvgIpc) is 2.82. The topological polar surface area (TPSA) is 52.6 Å². The highest BCUT2D eigenvalue weighted by Crippen LogP contribution is 2.17. The Hall–Kier alpha value is -1.10. The second-order valence-corrected chi connectivity index (χ2v) is 4.99. The normalized spacial score (nSPS) is 22.3. The van der Waals surface area contributed by atoms with Crippen LogP contribution in [0.25, 0.3) is 0 Å². The van der Waals surface area contributed by atoms with Gasteiger partial charge in [0.05, 0.1) is 13.1 Å². The second kappa shape index (κ2) is 5.49. The van der Waals surface area contributed by atoms with Crippen LogP contribution >= 0.6 is 0 Å². The minimum absolute atomic E-state index is 0.0328. The number of rotatable bonds is 3. The summed E-state index contributed by atoms with van der Waals surface area (Å²) in [5.41, 5.74) is 0. The fourth-order valence-corrected chi connectivity index (χ4v) is 2.44. The molecule has 0 unspecified atom stereocenters. The van der Waals surface area contributed by atoms with Crippen molar-refractivity contribution in [1.29, 1.82) is 0 Å². The van der Waals surface area contributed by atoms with Gasteiger partial charge in [-0.25, -0.2) is 0 Å². The molecule has 0 spiro atoms. The maximum absolute atomic E-state index is 11.9. The fraction of sp³-hybridized carbons (Fsp3) is 0.833. The molecule has 1 N–H and O–H groups in total. The van der Waals surface area contributed by atoms with Crippen molar-refractivity contribution in [2.24, 2.45) is 0 Å². The maximum Gasteiger partial charge on any atom is 0.241 e. The number of hydrogen-bond acceptors (Lipinski definition) is 3. The van der Waals surface area contributed by atoms with E-state index in [1.165, 1.54) is 25.7 Å². The largest absolute Gasteiger partial charge is 0.342 e. The zero-order valence-corrected chi connectivity index (χ0v) is 10.4. The van der Waals surface area contributed by atoms with Crippen LogP contribution in [0.3, 0.4) is 0 Å². The monoisotopic (exact) mass is 239 g/mol. The third-order valence-electron chi connectivity index (χ3n) is 3.71. The van der Waals surface area contributed by atoms with Gasteiger partial charge in [-0.2, -0.15) is 0 Å². The van der Waals surface area contributed by atoms with Gasteiger partial charge in [0.2, 0.25) is 11.8 Å². The van der Waals surface area contributed by atoms with Crippen molar-refractivity contribution in [1.82, 2.24) is 15.1 Å². The Morgan fingerprint density at radius 2 is 2.06 bits per heavy atom. The van der Waals surface area contributed by atoms with Crippen molar-refractivity contribution in [3.05, 3.63) is 0 Å².